The molecule has 0 bridgehead atoms. The first-order valence-corrected chi connectivity index (χ1v) is 12.2. The lowest BCUT2D eigenvalue weighted by Gasteiger charge is -2.44. The lowest BCUT2D eigenvalue weighted by Crippen LogP contribution is -2.40. The van der Waals surface area contributed by atoms with Crippen LogP contribution in [0.3, 0.4) is 0 Å². The number of rotatable bonds is 8. The molecule has 0 N–H and O–H groups in total. The predicted molar refractivity (Wildman–Crippen MR) is 132 cm³/mol. The molecule has 2 fully saturated rings. The molecule has 2 unspecified atom stereocenters. The largest absolute Gasteiger partial charge is 0.461 e. The molecule has 0 saturated carbocycles. The number of benzene rings is 2. The summed E-state index contributed by atoms with van der Waals surface area (Å²) < 4.78 is 22.4. The quantitative estimate of drug-likeness (QED) is 0.437. The van der Waals surface area contributed by atoms with Gasteiger partial charge < -0.3 is 18.9 Å². The van der Waals surface area contributed by atoms with Gasteiger partial charge in [-0.25, -0.2) is 9.59 Å². The summed E-state index contributed by atoms with van der Waals surface area (Å²) in [6.07, 6.45) is 0.103. The molecule has 0 aromatic heterocycles. The van der Waals surface area contributed by atoms with Crippen LogP contribution >= 0.6 is 0 Å². The van der Waals surface area contributed by atoms with E-state index in [0.717, 1.165) is 24.3 Å². The molecule has 2 aromatic rings. The van der Waals surface area contributed by atoms with Crippen LogP contribution in [0.5, 0.6) is 0 Å². The van der Waals surface area contributed by atoms with E-state index >= 15 is 0 Å². The van der Waals surface area contributed by atoms with Crippen molar-refractivity contribution >= 4 is 11.9 Å². The minimum absolute atomic E-state index is 0.0516. The average Bonchev–Trinajstić information content (AvgIpc) is 2.81. The second kappa shape index (κ2) is 9.40. The Balaban J connectivity index is 1.25. The summed E-state index contributed by atoms with van der Waals surface area (Å²) in [5, 5.41) is 0. The Labute approximate surface area is 207 Å². The van der Waals surface area contributed by atoms with Crippen molar-refractivity contribution in [2.24, 2.45) is 16.2 Å². The van der Waals surface area contributed by atoms with Crippen LogP contribution in [0.1, 0.15) is 85.6 Å². The lowest BCUT2D eigenvalue weighted by molar-refractivity contribution is -0.172. The average molecular weight is 481 g/mol. The number of hydrogen-bond donors (Lipinski definition) is 0. The van der Waals surface area contributed by atoms with Crippen molar-refractivity contribution in [2.75, 3.05) is 26.4 Å². The monoisotopic (exact) mass is 480 g/mol. The maximum absolute atomic E-state index is 12.5. The van der Waals surface area contributed by atoms with Gasteiger partial charge >= 0.3 is 11.9 Å². The summed E-state index contributed by atoms with van der Waals surface area (Å²) in [5.41, 5.74) is 2.76. The molecule has 6 heteroatoms. The molecular weight excluding hydrogens is 444 g/mol. The minimum Gasteiger partial charge on any atom is -0.461 e. The SMILES string of the molecule is CC(C)(COC(=O)c1ccc(C2OCC2(C)C)cc1)COC(=O)c1ccc(C2OCC2(C)C)cc1. The topological polar surface area (TPSA) is 71.1 Å². The third-order valence-corrected chi connectivity index (χ3v) is 6.75. The van der Waals surface area contributed by atoms with E-state index in [2.05, 4.69) is 27.7 Å². The van der Waals surface area contributed by atoms with Crippen LogP contribution in [-0.2, 0) is 18.9 Å². The van der Waals surface area contributed by atoms with Gasteiger partial charge in [-0.3, -0.25) is 0 Å². The van der Waals surface area contributed by atoms with E-state index in [9.17, 15) is 9.59 Å². The highest BCUT2D eigenvalue weighted by Gasteiger charge is 2.41. The summed E-state index contributed by atoms with van der Waals surface area (Å²) in [7, 11) is 0. The van der Waals surface area contributed by atoms with Gasteiger partial charge in [-0.05, 0) is 35.4 Å². The fourth-order valence-electron chi connectivity index (χ4n) is 4.41. The van der Waals surface area contributed by atoms with Crippen LogP contribution in [-0.4, -0.2) is 38.4 Å². The molecule has 0 aliphatic carbocycles. The van der Waals surface area contributed by atoms with Crippen LogP contribution in [0.25, 0.3) is 0 Å². The van der Waals surface area contributed by atoms with E-state index in [1.165, 1.54) is 0 Å². The number of hydrogen-bond acceptors (Lipinski definition) is 6. The standard InChI is InChI=1S/C29H36O6/c1-27(2,15-34-25(30)21-11-7-19(8-12-21)23-28(3,4)17-32-23)16-35-26(31)22-13-9-20(10-14-22)24-29(5,6)18-33-24/h7-14,23-24H,15-18H2,1-6H3. The van der Waals surface area contributed by atoms with Crippen LogP contribution in [0.4, 0.5) is 0 Å². The maximum atomic E-state index is 12.5. The third kappa shape index (κ3) is 5.60. The molecule has 2 aliphatic rings. The van der Waals surface area contributed by atoms with Gasteiger partial charge in [0.05, 0.1) is 49.8 Å². The first kappa shape index (κ1) is 25.4. The van der Waals surface area contributed by atoms with Crippen LogP contribution in [0, 0.1) is 16.2 Å². The Kier molecular flexibility index (Phi) is 6.82. The molecule has 2 aliphatic heterocycles. The zero-order valence-electron chi connectivity index (χ0n) is 21.6. The molecule has 188 valence electrons. The van der Waals surface area contributed by atoms with Crippen LogP contribution in [0.2, 0.25) is 0 Å². The van der Waals surface area contributed by atoms with E-state index < -0.39 is 17.4 Å². The summed E-state index contributed by atoms with van der Waals surface area (Å²) in [6.45, 7) is 14.2. The van der Waals surface area contributed by atoms with Crippen molar-refractivity contribution in [1.82, 2.24) is 0 Å². The fourth-order valence-corrected chi connectivity index (χ4v) is 4.41. The molecule has 2 heterocycles. The number of carbonyl (C=O) groups is 2. The van der Waals surface area contributed by atoms with E-state index in [-0.39, 0.29) is 36.3 Å². The normalized spacial score (nSPS) is 22.5. The summed E-state index contributed by atoms with van der Waals surface area (Å²) in [4.78, 5) is 25.1. The van der Waals surface area contributed by atoms with Gasteiger partial charge in [0.15, 0.2) is 0 Å². The Morgan fingerprint density at radius 2 is 1.09 bits per heavy atom. The first-order chi connectivity index (χ1) is 16.4. The molecular formula is C29H36O6. The fraction of sp³-hybridized carbons (Fsp3) is 0.517. The van der Waals surface area contributed by atoms with Crippen molar-refractivity contribution in [3.8, 4) is 0 Å². The summed E-state index contributed by atoms with van der Waals surface area (Å²) in [5.74, 6) is -0.803. The lowest BCUT2D eigenvalue weighted by atomic mass is 9.79. The van der Waals surface area contributed by atoms with Crippen molar-refractivity contribution < 1.29 is 28.5 Å². The van der Waals surface area contributed by atoms with Crippen molar-refractivity contribution in [2.45, 2.75) is 53.8 Å². The van der Waals surface area contributed by atoms with Crippen LogP contribution < -0.4 is 0 Å². The van der Waals surface area contributed by atoms with E-state index in [1.54, 1.807) is 24.3 Å². The highest BCUT2D eigenvalue weighted by atomic mass is 16.5. The van der Waals surface area contributed by atoms with Gasteiger partial charge in [0.25, 0.3) is 0 Å². The van der Waals surface area contributed by atoms with E-state index in [0.29, 0.717) is 11.1 Å². The highest BCUT2D eigenvalue weighted by Crippen LogP contribution is 2.46. The molecule has 2 saturated heterocycles. The van der Waals surface area contributed by atoms with Gasteiger partial charge in [0.1, 0.15) is 0 Å². The van der Waals surface area contributed by atoms with Crippen LogP contribution in [0.15, 0.2) is 48.5 Å². The minimum atomic E-state index is -0.529. The van der Waals surface area contributed by atoms with Crippen molar-refractivity contribution in [3.63, 3.8) is 0 Å². The number of ether oxygens (including phenoxy) is 4. The second-order valence-corrected chi connectivity index (χ2v) is 11.9. The maximum Gasteiger partial charge on any atom is 0.338 e. The zero-order valence-corrected chi connectivity index (χ0v) is 21.6. The molecule has 2 aromatic carbocycles. The molecule has 2 atom stereocenters. The molecule has 0 amide bonds. The molecule has 4 rings (SSSR count). The number of carbonyl (C=O) groups excluding carboxylic acids is 2. The van der Waals surface area contributed by atoms with Gasteiger partial charge in [0.2, 0.25) is 0 Å². The van der Waals surface area contributed by atoms with Crippen molar-refractivity contribution in [1.29, 1.82) is 0 Å². The van der Waals surface area contributed by atoms with Crippen molar-refractivity contribution in [3.05, 3.63) is 70.8 Å². The predicted octanol–water partition coefficient (Wildman–Crippen LogP) is 5.92. The van der Waals surface area contributed by atoms with E-state index in [4.69, 9.17) is 18.9 Å². The van der Waals surface area contributed by atoms with Gasteiger partial charge in [-0.1, -0.05) is 65.8 Å². The van der Waals surface area contributed by atoms with Gasteiger partial charge in [0, 0.05) is 16.2 Å². The number of esters is 2. The third-order valence-electron chi connectivity index (χ3n) is 6.75. The van der Waals surface area contributed by atoms with Gasteiger partial charge in [-0.2, -0.15) is 0 Å². The van der Waals surface area contributed by atoms with E-state index in [1.807, 2.05) is 38.1 Å². The second-order valence-electron chi connectivity index (χ2n) is 11.9. The molecule has 35 heavy (non-hydrogen) atoms. The Morgan fingerprint density at radius 1 is 0.743 bits per heavy atom. The molecule has 6 nitrogen and oxygen atoms in total. The Morgan fingerprint density at radius 3 is 1.34 bits per heavy atom. The summed E-state index contributed by atoms with van der Waals surface area (Å²) >= 11 is 0. The summed E-state index contributed by atoms with van der Waals surface area (Å²) in [6, 6.07) is 14.7. The molecule has 0 spiro atoms. The molecule has 0 radical (unpaired) electrons. The Hall–Kier alpha value is -2.70. The smallest absolute Gasteiger partial charge is 0.338 e. The zero-order chi connectivity index (χ0) is 25.4. The highest BCUT2D eigenvalue weighted by molar-refractivity contribution is 5.90. The Bertz CT molecular complexity index is 980. The first-order valence-electron chi connectivity index (χ1n) is 12.2. The van der Waals surface area contributed by atoms with Gasteiger partial charge in [-0.15, -0.1) is 0 Å².